The molecule has 7 heteroatoms. The minimum atomic E-state index is -0.142. The van der Waals surface area contributed by atoms with Crippen LogP contribution in [0.5, 0.6) is 0 Å². The Morgan fingerprint density at radius 1 is 0.380 bits per heavy atom. The van der Waals surface area contributed by atoms with Gasteiger partial charge in [-0.2, -0.15) is 0 Å². The molecule has 15 rings (SSSR count). The number of anilines is 9. The van der Waals surface area contributed by atoms with Crippen LogP contribution in [0, 0.1) is 0 Å². The molecule has 0 aliphatic carbocycles. The Morgan fingerprint density at radius 2 is 0.924 bits per heavy atom. The summed E-state index contributed by atoms with van der Waals surface area (Å²) >= 11 is 3.88. The van der Waals surface area contributed by atoms with Gasteiger partial charge in [0.15, 0.2) is 0 Å². The molecule has 0 atom stereocenters. The summed E-state index contributed by atoms with van der Waals surface area (Å²) in [5.74, 6) is 0. The zero-order chi connectivity index (χ0) is 54.4. The molecule has 0 fully saturated rings. The number of nitrogens with zero attached hydrogens (tertiary/aromatic N) is 4. The maximum atomic E-state index is 2.73. The Balaban J connectivity index is 1.15. The molecule has 9 aromatic carbocycles. The summed E-state index contributed by atoms with van der Waals surface area (Å²) in [5.41, 5.74) is 22.2. The average Bonchev–Trinajstić information content (AvgIpc) is 4.24. The molecular formula is C72H65BN4S2. The van der Waals surface area contributed by atoms with Crippen molar-refractivity contribution in [2.75, 3.05) is 14.7 Å². The molecule has 12 aromatic rings. The van der Waals surface area contributed by atoms with Gasteiger partial charge in [-0.25, -0.2) is 0 Å². The van der Waals surface area contributed by atoms with Gasteiger partial charge in [0.1, 0.15) is 0 Å². The van der Waals surface area contributed by atoms with E-state index >= 15 is 0 Å². The molecule has 0 N–H and O–H groups in total. The Hall–Kier alpha value is -7.58. The molecule has 388 valence electrons. The normalized spacial score (nSPS) is 14.0. The number of fused-ring (bicyclic) bond motifs is 14. The standard InChI is InChI=1S/C72H65BN4S2/c1-69(2,3)42-27-30-56-51(33-42)53-35-44(71(7,8)9)37-59-65(53)76(56)60-38-45(72(10,11)12)36-55-67(60)77(59)58-41-49(74(46-21-15-13-16-22-46)47-23-17-14-18-24-47)40-57-64(58)73(55)68-66(54-34-43(70(4,5)6)28-31-63(54)79-68)75(57)48-29-32-62-52(39-48)50-25-19-20-26-61(50)78-62/h13-41H,1-12H3. The maximum absolute atomic E-state index is 2.73. The number of hydrogen-bond acceptors (Lipinski definition) is 5. The van der Waals surface area contributed by atoms with Gasteiger partial charge >= 0.3 is 0 Å². The van der Waals surface area contributed by atoms with E-state index in [4.69, 9.17) is 0 Å². The van der Waals surface area contributed by atoms with Crippen LogP contribution in [0.3, 0.4) is 0 Å². The second kappa shape index (κ2) is 16.5. The predicted octanol–water partition coefficient (Wildman–Crippen LogP) is 19.4. The molecule has 4 nitrogen and oxygen atoms in total. The Kier molecular flexibility index (Phi) is 10.1. The predicted molar refractivity (Wildman–Crippen MR) is 346 cm³/mol. The molecule has 79 heavy (non-hydrogen) atoms. The van der Waals surface area contributed by atoms with Crippen LogP contribution in [0.15, 0.2) is 176 Å². The van der Waals surface area contributed by atoms with Crippen LogP contribution >= 0.6 is 22.7 Å². The summed E-state index contributed by atoms with van der Waals surface area (Å²) in [6, 6.07) is 68.2. The van der Waals surface area contributed by atoms with Crippen molar-refractivity contribution >= 4 is 148 Å². The average molecular weight is 1060 g/mol. The van der Waals surface area contributed by atoms with E-state index in [9.17, 15) is 0 Å². The maximum Gasteiger partial charge on any atom is 0.264 e. The zero-order valence-electron chi connectivity index (χ0n) is 47.4. The van der Waals surface area contributed by atoms with Gasteiger partial charge in [0.25, 0.3) is 6.71 Å². The highest BCUT2D eigenvalue weighted by atomic mass is 32.1. The van der Waals surface area contributed by atoms with Crippen molar-refractivity contribution in [3.05, 3.63) is 198 Å². The molecule has 0 amide bonds. The first kappa shape index (κ1) is 48.5. The molecule has 6 heterocycles. The van der Waals surface area contributed by atoms with Crippen molar-refractivity contribution in [3.63, 3.8) is 0 Å². The first-order valence-electron chi connectivity index (χ1n) is 28.2. The van der Waals surface area contributed by atoms with Crippen molar-refractivity contribution in [1.82, 2.24) is 4.57 Å². The Morgan fingerprint density at radius 3 is 1.59 bits per heavy atom. The van der Waals surface area contributed by atoms with Gasteiger partial charge in [-0.1, -0.05) is 156 Å². The van der Waals surface area contributed by atoms with Crippen LogP contribution in [-0.2, 0) is 21.7 Å². The lowest BCUT2D eigenvalue weighted by Gasteiger charge is -2.46. The van der Waals surface area contributed by atoms with Gasteiger partial charge in [0, 0.05) is 74.2 Å². The molecule has 0 radical (unpaired) electrons. The third-order valence-corrected chi connectivity index (χ3v) is 19.8. The summed E-state index contributed by atoms with van der Waals surface area (Å²) in [5, 5.41) is 6.51. The van der Waals surface area contributed by atoms with Crippen LogP contribution in [-0.4, -0.2) is 11.3 Å². The van der Waals surface area contributed by atoms with Gasteiger partial charge < -0.3 is 19.3 Å². The van der Waals surface area contributed by atoms with Gasteiger partial charge in [0.05, 0.1) is 39.5 Å². The highest BCUT2D eigenvalue weighted by Gasteiger charge is 2.49. The number of aromatic nitrogens is 1. The SMILES string of the molecule is CC(C)(C)c1cc2c3c(c1)-n1c4ccc(C(C)(C)C)cc4c4cc(C(C)(C)C)cc(c41)N3c1cc(N(c3ccccc3)c3ccccc3)cc3c1B2c1sc2ccc(C(C)(C)C)cc2c1N3c1ccc2sc3ccccc3c2c1. The Bertz CT molecular complexity index is 4510. The molecule has 3 aliphatic rings. The molecule has 0 spiro atoms. The Labute approximate surface area is 473 Å². The first-order chi connectivity index (χ1) is 37.7. The van der Waals surface area contributed by atoms with Crippen LogP contribution in [0.1, 0.15) is 105 Å². The second-order valence-electron chi connectivity index (χ2n) is 26.7. The lowest BCUT2D eigenvalue weighted by atomic mass is 9.35. The number of hydrogen-bond donors (Lipinski definition) is 0. The molecule has 3 aromatic heterocycles. The smallest absolute Gasteiger partial charge is 0.264 e. The molecule has 0 saturated heterocycles. The van der Waals surface area contributed by atoms with Crippen molar-refractivity contribution in [2.24, 2.45) is 0 Å². The number of benzene rings is 9. The third kappa shape index (κ3) is 7.17. The fraction of sp³-hybridized carbons (Fsp3) is 0.222. The summed E-state index contributed by atoms with van der Waals surface area (Å²) in [4.78, 5) is 7.90. The largest absolute Gasteiger partial charge is 0.310 e. The van der Waals surface area contributed by atoms with Crippen molar-refractivity contribution in [2.45, 2.75) is 105 Å². The zero-order valence-corrected chi connectivity index (χ0v) is 49.1. The second-order valence-corrected chi connectivity index (χ2v) is 28.9. The van der Waals surface area contributed by atoms with Crippen LogP contribution in [0.4, 0.5) is 51.2 Å². The molecule has 0 saturated carbocycles. The van der Waals surface area contributed by atoms with Crippen molar-refractivity contribution in [1.29, 1.82) is 0 Å². The molecule has 0 bridgehead atoms. The monoisotopic (exact) mass is 1060 g/mol. The molecule has 0 unspecified atom stereocenters. The fourth-order valence-electron chi connectivity index (χ4n) is 13.2. The van der Waals surface area contributed by atoms with E-state index in [1.165, 1.54) is 130 Å². The van der Waals surface area contributed by atoms with Crippen LogP contribution in [0.2, 0.25) is 0 Å². The van der Waals surface area contributed by atoms with E-state index in [1.807, 2.05) is 22.7 Å². The van der Waals surface area contributed by atoms with Crippen molar-refractivity contribution < 1.29 is 0 Å². The van der Waals surface area contributed by atoms with E-state index in [-0.39, 0.29) is 28.4 Å². The summed E-state index contributed by atoms with van der Waals surface area (Å²) in [7, 11) is 0. The first-order valence-corrected chi connectivity index (χ1v) is 29.8. The van der Waals surface area contributed by atoms with Gasteiger partial charge in [-0.3, -0.25) is 0 Å². The van der Waals surface area contributed by atoms with E-state index in [0.717, 1.165) is 17.1 Å². The van der Waals surface area contributed by atoms with Crippen molar-refractivity contribution in [3.8, 4) is 5.69 Å². The van der Waals surface area contributed by atoms with Gasteiger partial charge in [-0.15, -0.1) is 22.7 Å². The van der Waals surface area contributed by atoms with E-state index in [0.29, 0.717) is 0 Å². The highest BCUT2D eigenvalue weighted by molar-refractivity contribution is 7.33. The minimum absolute atomic E-state index is 0.0210. The van der Waals surface area contributed by atoms with Gasteiger partial charge in [-0.05, 0) is 158 Å². The van der Waals surface area contributed by atoms with E-state index in [2.05, 4.69) is 278 Å². The summed E-state index contributed by atoms with van der Waals surface area (Å²) < 4.78 is 7.98. The lowest BCUT2D eigenvalue weighted by molar-refractivity contribution is 0.590. The highest BCUT2D eigenvalue weighted by Crippen LogP contribution is 2.57. The number of rotatable bonds is 4. The fourth-order valence-corrected chi connectivity index (χ4v) is 15.6. The summed E-state index contributed by atoms with van der Waals surface area (Å²) in [6.45, 7) is 28.3. The molecular weight excluding hydrogens is 996 g/mol. The number of para-hydroxylation sites is 2. The minimum Gasteiger partial charge on any atom is -0.310 e. The van der Waals surface area contributed by atoms with Gasteiger partial charge in [0.2, 0.25) is 0 Å². The quantitative estimate of drug-likeness (QED) is 0.163. The molecule has 3 aliphatic heterocycles. The van der Waals surface area contributed by atoms with Crippen LogP contribution < -0.4 is 30.4 Å². The lowest BCUT2D eigenvalue weighted by Crippen LogP contribution is -2.61. The van der Waals surface area contributed by atoms with E-state index in [1.54, 1.807) is 0 Å². The third-order valence-electron chi connectivity index (χ3n) is 17.4. The van der Waals surface area contributed by atoms with E-state index < -0.39 is 0 Å². The number of thiophene rings is 2. The van der Waals surface area contributed by atoms with Crippen LogP contribution in [0.25, 0.3) is 57.8 Å². The topological polar surface area (TPSA) is 14.7 Å². The summed E-state index contributed by atoms with van der Waals surface area (Å²) in [6.07, 6.45) is 0.